The fourth-order valence-electron chi connectivity index (χ4n) is 4.26. The zero-order chi connectivity index (χ0) is 17.5. The first-order valence-electron chi connectivity index (χ1n) is 10.0. The van der Waals surface area contributed by atoms with Crippen molar-refractivity contribution < 1.29 is 4.79 Å². The molecule has 0 aliphatic carbocycles. The normalized spacial score (nSPS) is 23.9. The molecule has 1 amide bonds. The van der Waals surface area contributed by atoms with E-state index in [2.05, 4.69) is 9.80 Å². The van der Waals surface area contributed by atoms with E-state index in [-0.39, 0.29) is 11.9 Å². The van der Waals surface area contributed by atoms with Gasteiger partial charge in [0.1, 0.15) is 0 Å². The molecule has 4 nitrogen and oxygen atoms in total. The molecule has 0 aromatic heterocycles. The molecule has 0 saturated carbocycles. The maximum atomic E-state index is 12.7. The Balaban J connectivity index is 1.49. The van der Waals surface area contributed by atoms with Gasteiger partial charge in [-0.2, -0.15) is 0 Å². The smallest absolute Gasteiger partial charge is 0.224 e. The number of likely N-dealkylation sites (tertiary alicyclic amines) is 2. The van der Waals surface area contributed by atoms with Crippen molar-refractivity contribution in [1.82, 2.24) is 9.80 Å². The highest BCUT2D eigenvalue weighted by Gasteiger charge is 2.26. The van der Waals surface area contributed by atoms with Gasteiger partial charge in [-0.1, -0.05) is 43.2 Å². The average molecular weight is 344 g/mol. The van der Waals surface area contributed by atoms with Gasteiger partial charge in [-0.05, 0) is 50.3 Å². The van der Waals surface area contributed by atoms with Gasteiger partial charge in [-0.25, -0.2) is 0 Å². The highest BCUT2D eigenvalue weighted by Crippen LogP contribution is 2.22. The third-order valence-corrected chi connectivity index (χ3v) is 5.71. The summed E-state index contributed by atoms with van der Waals surface area (Å²) in [6.07, 6.45) is 8.23. The van der Waals surface area contributed by atoms with Crippen LogP contribution in [0.1, 0.15) is 56.6 Å². The predicted molar refractivity (Wildman–Crippen MR) is 102 cm³/mol. The largest absolute Gasteiger partial charge is 0.342 e. The number of amides is 1. The molecule has 2 heterocycles. The highest BCUT2D eigenvalue weighted by molar-refractivity contribution is 5.77. The zero-order valence-corrected chi connectivity index (χ0v) is 15.4. The summed E-state index contributed by atoms with van der Waals surface area (Å²) in [6, 6.07) is 9.78. The van der Waals surface area contributed by atoms with Crippen LogP contribution in [0.15, 0.2) is 30.3 Å². The minimum atomic E-state index is -0.195. The lowest BCUT2D eigenvalue weighted by Gasteiger charge is -2.36. The van der Waals surface area contributed by atoms with Crippen LogP contribution in [0, 0.1) is 5.92 Å². The Morgan fingerprint density at radius 1 is 1.04 bits per heavy atom. The Bertz CT molecular complexity index is 525. The maximum Gasteiger partial charge on any atom is 0.224 e. The molecule has 0 bridgehead atoms. The molecule has 2 aliphatic heterocycles. The maximum absolute atomic E-state index is 12.7. The number of carbonyl (C=O) groups excluding carboxylic acids is 1. The van der Waals surface area contributed by atoms with Gasteiger partial charge < -0.3 is 15.5 Å². The van der Waals surface area contributed by atoms with E-state index in [0.29, 0.717) is 12.3 Å². The predicted octanol–water partition coefficient (Wildman–Crippen LogP) is 3.19. The molecule has 1 aromatic rings. The van der Waals surface area contributed by atoms with Gasteiger partial charge in [-0.15, -0.1) is 0 Å². The number of hydrogen-bond donors (Lipinski definition) is 1. The summed E-state index contributed by atoms with van der Waals surface area (Å²) in [5.74, 6) is 0.848. The third kappa shape index (κ3) is 5.55. The first kappa shape index (κ1) is 18.4. The van der Waals surface area contributed by atoms with Gasteiger partial charge in [0.15, 0.2) is 0 Å². The van der Waals surface area contributed by atoms with E-state index in [9.17, 15) is 4.79 Å². The number of benzene rings is 1. The summed E-state index contributed by atoms with van der Waals surface area (Å²) in [6.45, 7) is 5.45. The molecule has 25 heavy (non-hydrogen) atoms. The summed E-state index contributed by atoms with van der Waals surface area (Å²) in [5, 5.41) is 0. The molecular formula is C21H33N3O. The van der Waals surface area contributed by atoms with Crippen molar-refractivity contribution in [3.8, 4) is 0 Å². The minimum absolute atomic E-state index is 0.195. The summed E-state index contributed by atoms with van der Waals surface area (Å²) in [7, 11) is 0. The van der Waals surface area contributed by atoms with Crippen molar-refractivity contribution in [2.24, 2.45) is 11.7 Å². The molecule has 2 aliphatic rings. The number of piperidine rings is 1. The molecule has 0 radical (unpaired) electrons. The van der Waals surface area contributed by atoms with Crippen LogP contribution < -0.4 is 5.73 Å². The van der Waals surface area contributed by atoms with Crippen LogP contribution in [0.25, 0.3) is 0 Å². The van der Waals surface area contributed by atoms with E-state index in [4.69, 9.17) is 5.73 Å². The number of hydrogen-bond acceptors (Lipinski definition) is 3. The van der Waals surface area contributed by atoms with Crippen LogP contribution in [-0.2, 0) is 4.79 Å². The fourth-order valence-corrected chi connectivity index (χ4v) is 4.26. The molecule has 2 atom stereocenters. The van der Waals surface area contributed by atoms with E-state index >= 15 is 0 Å². The van der Waals surface area contributed by atoms with Crippen LogP contribution >= 0.6 is 0 Å². The number of nitrogens with two attached hydrogens (primary N) is 1. The monoisotopic (exact) mass is 343 g/mol. The van der Waals surface area contributed by atoms with E-state index in [1.54, 1.807) is 0 Å². The van der Waals surface area contributed by atoms with E-state index < -0.39 is 0 Å². The van der Waals surface area contributed by atoms with E-state index in [1.807, 2.05) is 30.3 Å². The summed E-state index contributed by atoms with van der Waals surface area (Å²) in [4.78, 5) is 17.4. The molecule has 0 spiro atoms. The number of rotatable bonds is 5. The zero-order valence-electron chi connectivity index (χ0n) is 15.4. The fraction of sp³-hybridized carbons (Fsp3) is 0.667. The van der Waals surface area contributed by atoms with Gasteiger partial charge in [-0.3, -0.25) is 4.79 Å². The molecule has 2 unspecified atom stereocenters. The van der Waals surface area contributed by atoms with Crippen molar-refractivity contribution in [2.45, 2.75) is 51.0 Å². The lowest BCUT2D eigenvalue weighted by molar-refractivity contribution is -0.133. The lowest BCUT2D eigenvalue weighted by Crippen LogP contribution is -2.44. The van der Waals surface area contributed by atoms with Gasteiger partial charge in [0, 0.05) is 32.1 Å². The Morgan fingerprint density at radius 2 is 1.76 bits per heavy atom. The first-order valence-corrected chi connectivity index (χ1v) is 10.0. The molecule has 1 aromatic carbocycles. The van der Waals surface area contributed by atoms with Crippen molar-refractivity contribution in [3.05, 3.63) is 35.9 Å². The molecule has 2 fully saturated rings. The first-order chi connectivity index (χ1) is 12.2. The Hall–Kier alpha value is -1.39. The van der Waals surface area contributed by atoms with Crippen LogP contribution in [0.3, 0.4) is 0 Å². The van der Waals surface area contributed by atoms with Gasteiger partial charge in [0.2, 0.25) is 5.91 Å². The Morgan fingerprint density at radius 3 is 2.48 bits per heavy atom. The molecular weight excluding hydrogens is 310 g/mol. The average Bonchev–Trinajstić information content (AvgIpc) is 2.91. The quantitative estimate of drug-likeness (QED) is 0.893. The summed E-state index contributed by atoms with van der Waals surface area (Å²) in [5.41, 5.74) is 7.30. The van der Waals surface area contributed by atoms with Crippen LogP contribution in [-0.4, -0.2) is 48.4 Å². The van der Waals surface area contributed by atoms with Crippen LogP contribution in [0.5, 0.6) is 0 Å². The van der Waals surface area contributed by atoms with Gasteiger partial charge in [0.25, 0.3) is 0 Å². The molecule has 2 N–H and O–H groups in total. The summed E-state index contributed by atoms with van der Waals surface area (Å²) >= 11 is 0. The molecule has 2 saturated heterocycles. The van der Waals surface area contributed by atoms with E-state index in [0.717, 1.165) is 31.6 Å². The second-order valence-corrected chi connectivity index (χ2v) is 7.78. The van der Waals surface area contributed by atoms with Crippen LogP contribution in [0.4, 0.5) is 0 Å². The number of nitrogens with zero attached hydrogens (tertiary/aromatic N) is 2. The standard InChI is InChI=1S/C21H33N3O/c22-20(19-10-4-3-5-11-19)15-21(25)24-14-8-9-18(17-24)16-23-12-6-1-2-7-13-23/h3-5,10-11,18,20H,1-2,6-9,12-17,22H2. The summed E-state index contributed by atoms with van der Waals surface area (Å²) < 4.78 is 0. The minimum Gasteiger partial charge on any atom is -0.342 e. The molecule has 4 heteroatoms. The van der Waals surface area contributed by atoms with Crippen molar-refractivity contribution in [2.75, 3.05) is 32.7 Å². The lowest BCUT2D eigenvalue weighted by atomic mass is 9.96. The number of carbonyl (C=O) groups is 1. The van der Waals surface area contributed by atoms with Crippen molar-refractivity contribution >= 4 is 5.91 Å². The molecule has 138 valence electrons. The Kier molecular flexibility index (Phi) is 6.88. The van der Waals surface area contributed by atoms with Gasteiger partial charge >= 0.3 is 0 Å². The van der Waals surface area contributed by atoms with Crippen molar-refractivity contribution in [3.63, 3.8) is 0 Å². The van der Waals surface area contributed by atoms with Gasteiger partial charge in [0.05, 0.1) is 0 Å². The van der Waals surface area contributed by atoms with Crippen molar-refractivity contribution in [1.29, 1.82) is 0 Å². The second-order valence-electron chi connectivity index (χ2n) is 7.78. The topological polar surface area (TPSA) is 49.6 Å². The van der Waals surface area contributed by atoms with Crippen LogP contribution in [0.2, 0.25) is 0 Å². The molecule has 3 rings (SSSR count). The highest BCUT2D eigenvalue weighted by atomic mass is 16.2. The Labute approximate surface area is 152 Å². The SMILES string of the molecule is NC(CC(=O)N1CCCC(CN2CCCCCC2)C1)c1ccccc1. The second kappa shape index (κ2) is 9.35. The third-order valence-electron chi connectivity index (χ3n) is 5.71. The van der Waals surface area contributed by atoms with E-state index in [1.165, 1.54) is 45.2 Å².